The Labute approximate surface area is 83.9 Å². The highest BCUT2D eigenvalue weighted by Crippen LogP contribution is 2.40. The van der Waals surface area contributed by atoms with Gasteiger partial charge in [-0.15, -0.1) is 0 Å². The minimum atomic E-state index is -0.487. The van der Waals surface area contributed by atoms with Crippen molar-refractivity contribution in [2.45, 2.75) is 24.9 Å². The molecule has 0 aromatic carbocycles. The Hall–Kier alpha value is -0.870. The first-order valence-electron chi connectivity index (χ1n) is 5.09. The van der Waals surface area contributed by atoms with Gasteiger partial charge in [0.25, 0.3) is 0 Å². The quantitative estimate of drug-likeness (QED) is 0.737. The van der Waals surface area contributed by atoms with E-state index < -0.39 is 6.10 Å². The van der Waals surface area contributed by atoms with Crippen molar-refractivity contribution in [1.29, 1.82) is 0 Å². The summed E-state index contributed by atoms with van der Waals surface area (Å²) in [6.07, 6.45) is 2.04. The smallest absolute Gasteiger partial charge is 0.110 e. The third-order valence-corrected chi connectivity index (χ3v) is 2.67. The molecule has 0 amide bonds. The Morgan fingerprint density at radius 2 is 2.43 bits per heavy atom. The molecule has 1 saturated carbocycles. The zero-order valence-electron chi connectivity index (χ0n) is 8.70. The molecule has 1 unspecified atom stereocenters. The largest absolute Gasteiger partial charge is 0.385 e. The number of rotatable bonds is 4. The molecule has 78 valence electrons. The summed E-state index contributed by atoms with van der Waals surface area (Å²) < 4.78 is 1.89. The average Bonchev–Trinajstić information content (AvgIpc) is 2.91. The summed E-state index contributed by atoms with van der Waals surface area (Å²) in [7, 11) is 3.78. The van der Waals surface area contributed by atoms with E-state index in [0.29, 0.717) is 12.5 Å². The Morgan fingerprint density at radius 3 is 3.00 bits per heavy atom. The second kappa shape index (κ2) is 3.71. The van der Waals surface area contributed by atoms with E-state index in [1.807, 2.05) is 24.8 Å². The molecule has 1 fully saturated rings. The molecule has 4 nitrogen and oxygen atoms in total. The molecular weight excluding hydrogens is 178 g/mol. The number of aryl methyl sites for hydroxylation is 1. The van der Waals surface area contributed by atoms with Gasteiger partial charge < -0.3 is 10.4 Å². The number of hydrogen-bond donors (Lipinski definition) is 2. The minimum Gasteiger partial charge on any atom is -0.385 e. The van der Waals surface area contributed by atoms with E-state index in [1.165, 1.54) is 18.5 Å². The predicted octanol–water partition coefficient (Wildman–Crippen LogP) is 0.550. The fraction of sp³-hybridized carbons (Fsp3) is 0.700. The highest BCUT2D eigenvalue weighted by atomic mass is 16.3. The van der Waals surface area contributed by atoms with Gasteiger partial charge in [-0.05, 0) is 26.0 Å². The molecule has 0 saturated heterocycles. The van der Waals surface area contributed by atoms with Gasteiger partial charge in [0.2, 0.25) is 0 Å². The maximum absolute atomic E-state index is 9.72. The molecule has 0 radical (unpaired) electrons. The number of aliphatic hydroxyl groups is 1. The molecule has 0 aliphatic heterocycles. The van der Waals surface area contributed by atoms with Crippen molar-refractivity contribution in [1.82, 2.24) is 15.1 Å². The number of hydrogen-bond acceptors (Lipinski definition) is 3. The zero-order valence-corrected chi connectivity index (χ0v) is 8.70. The zero-order chi connectivity index (χ0) is 10.1. The van der Waals surface area contributed by atoms with Crippen LogP contribution in [0.2, 0.25) is 0 Å². The SMILES string of the molecule is CNCC(O)c1cc(C2CC2)n(C)n1. The van der Waals surface area contributed by atoms with Gasteiger partial charge in [0, 0.05) is 25.2 Å². The maximum atomic E-state index is 9.72. The summed E-state index contributed by atoms with van der Waals surface area (Å²) in [6.45, 7) is 0.557. The molecular formula is C10H17N3O. The lowest BCUT2D eigenvalue weighted by Gasteiger charge is -2.04. The van der Waals surface area contributed by atoms with Crippen LogP contribution in [0.25, 0.3) is 0 Å². The van der Waals surface area contributed by atoms with E-state index >= 15 is 0 Å². The van der Waals surface area contributed by atoms with Gasteiger partial charge in [-0.25, -0.2) is 0 Å². The Balaban J connectivity index is 2.14. The van der Waals surface area contributed by atoms with Crippen LogP contribution in [0.1, 0.15) is 36.3 Å². The van der Waals surface area contributed by atoms with E-state index in [1.54, 1.807) is 0 Å². The van der Waals surface area contributed by atoms with Gasteiger partial charge in [-0.3, -0.25) is 4.68 Å². The monoisotopic (exact) mass is 195 g/mol. The van der Waals surface area contributed by atoms with Crippen molar-refractivity contribution in [3.05, 3.63) is 17.5 Å². The third kappa shape index (κ3) is 1.81. The van der Waals surface area contributed by atoms with Crippen molar-refractivity contribution in [2.75, 3.05) is 13.6 Å². The van der Waals surface area contributed by atoms with Crippen molar-refractivity contribution in [2.24, 2.45) is 7.05 Å². The second-order valence-electron chi connectivity index (χ2n) is 3.97. The Kier molecular flexibility index (Phi) is 2.56. The molecule has 14 heavy (non-hydrogen) atoms. The van der Waals surface area contributed by atoms with E-state index in [2.05, 4.69) is 10.4 Å². The topological polar surface area (TPSA) is 50.1 Å². The molecule has 1 atom stereocenters. The van der Waals surface area contributed by atoms with Crippen molar-refractivity contribution in [3.63, 3.8) is 0 Å². The molecule has 4 heteroatoms. The van der Waals surface area contributed by atoms with E-state index in [0.717, 1.165) is 5.69 Å². The van der Waals surface area contributed by atoms with Crippen molar-refractivity contribution >= 4 is 0 Å². The third-order valence-electron chi connectivity index (χ3n) is 2.67. The molecule has 1 aromatic heterocycles. The molecule has 0 spiro atoms. The van der Waals surface area contributed by atoms with Crippen LogP contribution in [-0.2, 0) is 7.05 Å². The van der Waals surface area contributed by atoms with Gasteiger partial charge in [-0.2, -0.15) is 5.10 Å². The summed E-state index contributed by atoms with van der Waals surface area (Å²) in [5.74, 6) is 0.683. The maximum Gasteiger partial charge on any atom is 0.110 e. The molecule has 1 heterocycles. The van der Waals surface area contributed by atoms with Gasteiger partial charge in [-0.1, -0.05) is 0 Å². The molecule has 2 rings (SSSR count). The van der Waals surface area contributed by atoms with Crippen LogP contribution in [0.3, 0.4) is 0 Å². The fourth-order valence-corrected chi connectivity index (χ4v) is 1.73. The number of aromatic nitrogens is 2. The molecule has 0 bridgehead atoms. The second-order valence-corrected chi connectivity index (χ2v) is 3.97. The van der Waals surface area contributed by atoms with Gasteiger partial charge >= 0.3 is 0 Å². The summed E-state index contributed by atoms with van der Waals surface area (Å²) >= 11 is 0. The van der Waals surface area contributed by atoms with Crippen LogP contribution in [0.4, 0.5) is 0 Å². The van der Waals surface area contributed by atoms with E-state index in [-0.39, 0.29) is 0 Å². The normalized spacial score (nSPS) is 18.5. The average molecular weight is 195 g/mol. The minimum absolute atomic E-state index is 0.487. The molecule has 1 aromatic rings. The first kappa shape index (κ1) is 9.68. The standard InChI is InChI=1S/C10H17N3O/c1-11-6-10(14)8-5-9(7-3-4-7)13(2)12-8/h5,7,10-11,14H,3-4,6H2,1-2H3. The lowest BCUT2D eigenvalue weighted by molar-refractivity contribution is 0.172. The van der Waals surface area contributed by atoms with Crippen LogP contribution >= 0.6 is 0 Å². The van der Waals surface area contributed by atoms with Crippen LogP contribution in [0.5, 0.6) is 0 Å². The first-order chi connectivity index (χ1) is 6.72. The molecule has 1 aliphatic carbocycles. The van der Waals surface area contributed by atoms with Crippen LogP contribution < -0.4 is 5.32 Å². The van der Waals surface area contributed by atoms with Crippen molar-refractivity contribution in [3.8, 4) is 0 Å². The summed E-state index contributed by atoms with van der Waals surface area (Å²) in [6, 6.07) is 2.03. The van der Waals surface area contributed by atoms with Gasteiger partial charge in [0.15, 0.2) is 0 Å². The van der Waals surface area contributed by atoms with E-state index in [9.17, 15) is 5.11 Å². The summed E-state index contributed by atoms with van der Waals surface area (Å²) in [5, 5.41) is 17.0. The van der Waals surface area contributed by atoms with Gasteiger partial charge in [0.1, 0.15) is 6.10 Å². The predicted molar refractivity (Wildman–Crippen MR) is 54.1 cm³/mol. The summed E-state index contributed by atoms with van der Waals surface area (Å²) in [5.41, 5.74) is 2.04. The number of likely N-dealkylation sites (N-methyl/N-ethyl adjacent to an activating group) is 1. The fourth-order valence-electron chi connectivity index (χ4n) is 1.73. The highest BCUT2D eigenvalue weighted by molar-refractivity contribution is 5.20. The molecule has 2 N–H and O–H groups in total. The number of nitrogens with one attached hydrogen (secondary N) is 1. The number of aliphatic hydroxyl groups excluding tert-OH is 1. The lowest BCUT2D eigenvalue weighted by atomic mass is 10.2. The van der Waals surface area contributed by atoms with Crippen LogP contribution in [0.15, 0.2) is 6.07 Å². The summed E-state index contributed by atoms with van der Waals surface area (Å²) in [4.78, 5) is 0. The molecule has 1 aliphatic rings. The van der Waals surface area contributed by atoms with Gasteiger partial charge in [0.05, 0.1) is 5.69 Å². The lowest BCUT2D eigenvalue weighted by Crippen LogP contribution is -2.17. The first-order valence-corrected chi connectivity index (χ1v) is 5.09. The number of nitrogens with zero attached hydrogens (tertiary/aromatic N) is 2. The van der Waals surface area contributed by atoms with Crippen LogP contribution in [0, 0.1) is 0 Å². The van der Waals surface area contributed by atoms with Crippen molar-refractivity contribution < 1.29 is 5.11 Å². The van der Waals surface area contributed by atoms with Crippen LogP contribution in [-0.4, -0.2) is 28.5 Å². The van der Waals surface area contributed by atoms with E-state index in [4.69, 9.17) is 0 Å². The highest BCUT2D eigenvalue weighted by Gasteiger charge is 2.28. The Morgan fingerprint density at radius 1 is 1.71 bits per heavy atom. The Bertz CT molecular complexity index is 317.